The van der Waals surface area contributed by atoms with Gasteiger partial charge in [-0.2, -0.15) is 0 Å². The van der Waals surface area contributed by atoms with Crippen LogP contribution in [-0.4, -0.2) is 16.9 Å². The monoisotopic (exact) mass is 205 g/mol. The first-order valence-electron chi connectivity index (χ1n) is 5.28. The summed E-state index contributed by atoms with van der Waals surface area (Å²) in [5.74, 6) is -0.0646. The predicted octanol–water partition coefficient (Wildman–Crippen LogP) is 2.20. The van der Waals surface area contributed by atoms with Gasteiger partial charge in [0.15, 0.2) is 0 Å². The lowest BCUT2D eigenvalue weighted by molar-refractivity contribution is 0.0934. The Morgan fingerprint density at radius 1 is 1.67 bits per heavy atom. The maximum Gasteiger partial charge on any atom is 0.253 e. The van der Waals surface area contributed by atoms with E-state index in [1.165, 1.54) is 0 Å². The lowest BCUT2D eigenvalue weighted by Gasteiger charge is -2.15. The molecule has 0 aliphatic rings. The highest BCUT2D eigenvalue weighted by Crippen LogP contribution is 2.03. The Balaban J connectivity index is 2.55. The SMILES string of the molecule is [CH2]CC(CCC)NC(=O)c1cccnc1. The maximum absolute atomic E-state index is 11.7. The first kappa shape index (κ1) is 11.7. The summed E-state index contributed by atoms with van der Waals surface area (Å²) in [6, 6.07) is 3.69. The Morgan fingerprint density at radius 3 is 3.00 bits per heavy atom. The third kappa shape index (κ3) is 3.70. The molecule has 0 spiro atoms. The van der Waals surface area contributed by atoms with Crippen LogP contribution in [0.25, 0.3) is 0 Å². The average Bonchev–Trinajstić information content (AvgIpc) is 2.29. The molecule has 1 radical (unpaired) electrons. The summed E-state index contributed by atoms with van der Waals surface area (Å²) in [5.41, 5.74) is 0.604. The van der Waals surface area contributed by atoms with Crippen LogP contribution in [0.2, 0.25) is 0 Å². The summed E-state index contributed by atoms with van der Waals surface area (Å²) < 4.78 is 0. The Morgan fingerprint density at radius 2 is 2.47 bits per heavy atom. The van der Waals surface area contributed by atoms with Gasteiger partial charge in [0.25, 0.3) is 5.91 Å². The molecule has 1 unspecified atom stereocenters. The van der Waals surface area contributed by atoms with Crippen LogP contribution in [0.5, 0.6) is 0 Å². The Hall–Kier alpha value is -1.38. The van der Waals surface area contributed by atoms with E-state index in [1.54, 1.807) is 24.5 Å². The van der Waals surface area contributed by atoms with Gasteiger partial charge in [-0.3, -0.25) is 9.78 Å². The molecule has 1 heterocycles. The number of carbonyl (C=O) groups excluding carboxylic acids is 1. The van der Waals surface area contributed by atoms with E-state index in [9.17, 15) is 4.79 Å². The van der Waals surface area contributed by atoms with E-state index >= 15 is 0 Å². The van der Waals surface area contributed by atoms with Gasteiger partial charge in [-0.15, -0.1) is 0 Å². The number of nitrogens with one attached hydrogen (secondary N) is 1. The van der Waals surface area contributed by atoms with E-state index in [1.807, 2.05) is 0 Å². The Kier molecular flexibility index (Phi) is 4.81. The summed E-state index contributed by atoms with van der Waals surface area (Å²) in [6.45, 7) is 5.92. The van der Waals surface area contributed by atoms with Gasteiger partial charge in [0.05, 0.1) is 5.56 Å². The number of hydrogen-bond donors (Lipinski definition) is 1. The molecule has 0 aliphatic carbocycles. The molecule has 1 amide bonds. The topological polar surface area (TPSA) is 42.0 Å². The van der Waals surface area contributed by atoms with Crippen molar-refractivity contribution in [1.82, 2.24) is 10.3 Å². The molecule has 0 bridgehead atoms. The third-order valence-electron chi connectivity index (χ3n) is 2.24. The van der Waals surface area contributed by atoms with Crippen molar-refractivity contribution in [1.29, 1.82) is 0 Å². The molecule has 0 fully saturated rings. The molecule has 81 valence electrons. The van der Waals surface area contributed by atoms with Crippen LogP contribution in [0, 0.1) is 6.92 Å². The van der Waals surface area contributed by atoms with Crippen molar-refractivity contribution in [2.75, 3.05) is 0 Å². The van der Waals surface area contributed by atoms with E-state index in [4.69, 9.17) is 0 Å². The van der Waals surface area contributed by atoms with Gasteiger partial charge in [-0.25, -0.2) is 0 Å². The van der Waals surface area contributed by atoms with Crippen molar-refractivity contribution in [2.45, 2.75) is 32.2 Å². The number of rotatable bonds is 5. The Labute approximate surface area is 90.9 Å². The lowest BCUT2D eigenvalue weighted by Crippen LogP contribution is -2.34. The fraction of sp³-hybridized carbons (Fsp3) is 0.417. The molecule has 0 saturated heterocycles. The first-order chi connectivity index (χ1) is 7.27. The van der Waals surface area contributed by atoms with Crippen molar-refractivity contribution >= 4 is 5.91 Å². The maximum atomic E-state index is 11.7. The molecule has 1 aromatic heterocycles. The fourth-order valence-corrected chi connectivity index (χ4v) is 1.40. The first-order valence-corrected chi connectivity index (χ1v) is 5.28. The van der Waals surface area contributed by atoms with Crippen molar-refractivity contribution in [2.24, 2.45) is 0 Å². The van der Waals surface area contributed by atoms with Gasteiger partial charge in [0.1, 0.15) is 0 Å². The van der Waals surface area contributed by atoms with Crippen LogP contribution < -0.4 is 5.32 Å². The number of aromatic nitrogens is 1. The molecule has 1 atom stereocenters. The highest BCUT2D eigenvalue weighted by atomic mass is 16.1. The van der Waals surface area contributed by atoms with E-state index in [2.05, 4.69) is 24.1 Å². The molecular weight excluding hydrogens is 188 g/mol. The quantitative estimate of drug-likeness (QED) is 0.800. The van der Waals surface area contributed by atoms with Gasteiger partial charge < -0.3 is 5.32 Å². The van der Waals surface area contributed by atoms with Crippen LogP contribution in [0.3, 0.4) is 0 Å². The van der Waals surface area contributed by atoms with Crippen LogP contribution in [0.4, 0.5) is 0 Å². The highest BCUT2D eigenvalue weighted by Gasteiger charge is 2.10. The second-order valence-corrected chi connectivity index (χ2v) is 3.49. The number of carbonyl (C=O) groups is 1. The molecule has 1 rings (SSSR count). The van der Waals surface area contributed by atoms with Crippen molar-refractivity contribution in [3.05, 3.63) is 37.0 Å². The summed E-state index contributed by atoms with van der Waals surface area (Å²) in [7, 11) is 0. The second kappa shape index (κ2) is 6.17. The molecule has 1 N–H and O–H groups in total. The fourth-order valence-electron chi connectivity index (χ4n) is 1.40. The number of amides is 1. The molecule has 15 heavy (non-hydrogen) atoms. The van der Waals surface area contributed by atoms with Gasteiger partial charge in [0, 0.05) is 18.4 Å². The minimum atomic E-state index is -0.0646. The van der Waals surface area contributed by atoms with E-state index < -0.39 is 0 Å². The van der Waals surface area contributed by atoms with E-state index in [0.717, 1.165) is 19.3 Å². The normalized spacial score (nSPS) is 12.1. The minimum absolute atomic E-state index is 0.0646. The zero-order valence-electron chi connectivity index (χ0n) is 9.07. The van der Waals surface area contributed by atoms with Gasteiger partial charge in [-0.05, 0) is 25.0 Å². The Bertz CT molecular complexity index is 298. The van der Waals surface area contributed by atoms with Gasteiger partial charge in [0.2, 0.25) is 0 Å². The van der Waals surface area contributed by atoms with Crippen LogP contribution >= 0.6 is 0 Å². The number of nitrogens with zero attached hydrogens (tertiary/aromatic N) is 1. The van der Waals surface area contributed by atoms with Crippen LogP contribution in [-0.2, 0) is 0 Å². The zero-order valence-corrected chi connectivity index (χ0v) is 9.07. The minimum Gasteiger partial charge on any atom is -0.349 e. The van der Waals surface area contributed by atoms with Gasteiger partial charge >= 0.3 is 0 Å². The molecule has 3 heteroatoms. The second-order valence-electron chi connectivity index (χ2n) is 3.49. The zero-order chi connectivity index (χ0) is 11.1. The van der Waals surface area contributed by atoms with Crippen LogP contribution in [0.1, 0.15) is 36.5 Å². The molecular formula is C12H17N2O. The largest absolute Gasteiger partial charge is 0.349 e. The molecule has 3 nitrogen and oxygen atoms in total. The summed E-state index contributed by atoms with van der Waals surface area (Å²) >= 11 is 0. The third-order valence-corrected chi connectivity index (χ3v) is 2.24. The van der Waals surface area contributed by atoms with Crippen LogP contribution in [0.15, 0.2) is 24.5 Å². The summed E-state index contributed by atoms with van der Waals surface area (Å²) in [4.78, 5) is 15.6. The summed E-state index contributed by atoms with van der Waals surface area (Å²) in [5, 5.41) is 2.94. The molecule has 0 aliphatic heterocycles. The highest BCUT2D eigenvalue weighted by molar-refractivity contribution is 5.93. The molecule has 0 aromatic carbocycles. The van der Waals surface area contributed by atoms with Gasteiger partial charge in [-0.1, -0.05) is 20.3 Å². The molecule has 0 saturated carbocycles. The number of pyridine rings is 1. The number of hydrogen-bond acceptors (Lipinski definition) is 2. The van der Waals surface area contributed by atoms with Crippen molar-refractivity contribution in [3.63, 3.8) is 0 Å². The predicted molar refractivity (Wildman–Crippen MR) is 60.4 cm³/mol. The van der Waals surface area contributed by atoms with E-state index in [0.29, 0.717) is 5.56 Å². The standard InChI is InChI=1S/C12H17N2O/c1-3-6-11(4-2)14-12(15)10-7-5-8-13-9-10/h5,7-9,11H,2-4,6H2,1H3,(H,14,15). The molecule has 1 aromatic rings. The van der Waals surface area contributed by atoms with E-state index in [-0.39, 0.29) is 11.9 Å². The van der Waals surface area contributed by atoms with Crippen molar-refractivity contribution < 1.29 is 4.79 Å². The smallest absolute Gasteiger partial charge is 0.253 e. The van der Waals surface area contributed by atoms with Crippen molar-refractivity contribution in [3.8, 4) is 0 Å². The summed E-state index contributed by atoms with van der Waals surface area (Å²) in [6.07, 6.45) is 5.96. The average molecular weight is 205 g/mol. The lowest BCUT2D eigenvalue weighted by atomic mass is 10.1.